The topological polar surface area (TPSA) is 87.8 Å². The third kappa shape index (κ3) is 3.79. The Kier molecular flexibility index (Phi) is 5.29. The number of hydrogen-bond donors (Lipinski definition) is 1. The van der Waals surface area contributed by atoms with Gasteiger partial charge in [0.25, 0.3) is 11.5 Å². The zero-order chi connectivity index (χ0) is 21.1. The van der Waals surface area contributed by atoms with Gasteiger partial charge in [-0.25, -0.2) is 4.98 Å². The Morgan fingerprint density at radius 3 is 2.67 bits per heavy atom. The van der Waals surface area contributed by atoms with Gasteiger partial charge < -0.3 is 5.32 Å². The molecule has 0 radical (unpaired) electrons. The number of benzene rings is 2. The van der Waals surface area contributed by atoms with Crippen molar-refractivity contribution in [2.24, 2.45) is 0 Å². The lowest BCUT2D eigenvalue weighted by atomic mass is 10.1. The molecular formula is C23H15ClN4O2. The van der Waals surface area contributed by atoms with Crippen LogP contribution in [0.25, 0.3) is 11.0 Å². The summed E-state index contributed by atoms with van der Waals surface area (Å²) >= 11 is 5.99. The molecule has 4 aromatic rings. The minimum atomic E-state index is -0.619. The minimum absolute atomic E-state index is 0.0460. The van der Waals surface area contributed by atoms with E-state index in [4.69, 9.17) is 11.6 Å². The van der Waals surface area contributed by atoms with Gasteiger partial charge in [-0.15, -0.1) is 0 Å². The zero-order valence-corrected chi connectivity index (χ0v) is 16.4. The van der Waals surface area contributed by atoms with Crippen molar-refractivity contribution in [3.63, 3.8) is 0 Å². The first kappa shape index (κ1) is 19.4. The fraction of sp³-hybridized carbons (Fsp3) is 0.0435. The Hall–Kier alpha value is -3.95. The van der Waals surface area contributed by atoms with E-state index in [0.717, 1.165) is 5.56 Å². The van der Waals surface area contributed by atoms with E-state index in [-0.39, 0.29) is 23.4 Å². The third-order valence-electron chi connectivity index (χ3n) is 4.63. The monoisotopic (exact) mass is 414 g/mol. The second kappa shape index (κ2) is 8.19. The van der Waals surface area contributed by atoms with Gasteiger partial charge in [-0.1, -0.05) is 41.9 Å². The Morgan fingerprint density at radius 2 is 1.90 bits per heavy atom. The number of pyridine rings is 2. The van der Waals surface area contributed by atoms with Crippen LogP contribution in [0.3, 0.4) is 0 Å². The van der Waals surface area contributed by atoms with Gasteiger partial charge in [-0.05, 0) is 42.0 Å². The number of nitrogens with one attached hydrogen (secondary N) is 1. The van der Waals surface area contributed by atoms with Crippen LogP contribution < -0.4 is 10.9 Å². The number of halogens is 1. The summed E-state index contributed by atoms with van der Waals surface area (Å²) in [5, 5.41) is 12.9. The maximum Gasteiger partial charge on any atom is 0.265 e. The Labute approximate surface area is 177 Å². The molecule has 0 atom stereocenters. The van der Waals surface area contributed by atoms with E-state index in [0.29, 0.717) is 16.1 Å². The van der Waals surface area contributed by atoms with E-state index in [1.54, 1.807) is 24.4 Å². The molecule has 0 aliphatic heterocycles. The molecule has 2 aromatic carbocycles. The number of amides is 1. The fourth-order valence-electron chi connectivity index (χ4n) is 3.19. The maximum absolute atomic E-state index is 13.2. The van der Waals surface area contributed by atoms with Gasteiger partial charge in [0.15, 0.2) is 0 Å². The first-order valence-corrected chi connectivity index (χ1v) is 9.48. The average molecular weight is 415 g/mol. The van der Waals surface area contributed by atoms with E-state index in [1.165, 1.54) is 22.8 Å². The van der Waals surface area contributed by atoms with Crippen LogP contribution in [0.4, 0.5) is 5.69 Å². The summed E-state index contributed by atoms with van der Waals surface area (Å²) in [5.41, 5.74) is 1.38. The number of nitrogens with zero attached hydrogens (tertiary/aromatic N) is 3. The van der Waals surface area contributed by atoms with Crippen molar-refractivity contribution < 1.29 is 4.79 Å². The molecule has 0 bridgehead atoms. The number of nitriles is 1. The SMILES string of the molecule is N#Cc1ccc(Cl)cc1NC(=O)c1cc2cccnc2n(Cc2ccccc2)c1=O. The zero-order valence-electron chi connectivity index (χ0n) is 15.7. The van der Waals surface area contributed by atoms with Crippen LogP contribution in [0.1, 0.15) is 21.5 Å². The molecule has 4 rings (SSSR count). The van der Waals surface area contributed by atoms with Gasteiger partial charge in [-0.2, -0.15) is 5.26 Å². The molecule has 6 nitrogen and oxygen atoms in total. The van der Waals surface area contributed by atoms with Crippen LogP contribution in [-0.4, -0.2) is 15.5 Å². The summed E-state index contributed by atoms with van der Waals surface area (Å²) < 4.78 is 1.47. The van der Waals surface area contributed by atoms with Gasteiger partial charge in [0.1, 0.15) is 17.3 Å². The summed E-state index contributed by atoms with van der Waals surface area (Å²) in [6.07, 6.45) is 1.61. The molecule has 0 saturated carbocycles. The highest BCUT2D eigenvalue weighted by molar-refractivity contribution is 6.31. The van der Waals surface area contributed by atoms with Crippen LogP contribution in [0.5, 0.6) is 0 Å². The van der Waals surface area contributed by atoms with Crippen LogP contribution >= 0.6 is 11.6 Å². The van der Waals surface area contributed by atoms with Gasteiger partial charge >= 0.3 is 0 Å². The number of rotatable bonds is 4. The number of fused-ring (bicyclic) bond motifs is 1. The average Bonchev–Trinajstić information content (AvgIpc) is 2.76. The van der Waals surface area contributed by atoms with Crippen molar-refractivity contribution in [3.05, 3.63) is 105 Å². The molecule has 0 spiro atoms. The number of aromatic nitrogens is 2. The fourth-order valence-corrected chi connectivity index (χ4v) is 3.36. The van der Waals surface area contributed by atoms with Crippen molar-refractivity contribution in [2.45, 2.75) is 6.54 Å². The standard InChI is InChI=1S/C23H15ClN4O2/c24-18-9-8-17(13-25)20(12-18)27-22(29)19-11-16-7-4-10-26-21(16)28(23(19)30)14-15-5-2-1-3-6-15/h1-12H,14H2,(H,27,29). The van der Waals surface area contributed by atoms with E-state index in [1.807, 2.05) is 36.4 Å². The lowest BCUT2D eigenvalue weighted by Crippen LogP contribution is -2.30. The molecule has 1 N–H and O–H groups in total. The molecule has 30 heavy (non-hydrogen) atoms. The number of hydrogen-bond acceptors (Lipinski definition) is 4. The van der Waals surface area contributed by atoms with Crippen LogP contribution in [-0.2, 0) is 6.54 Å². The highest BCUT2D eigenvalue weighted by Crippen LogP contribution is 2.21. The summed E-state index contributed by atoms with van der Waals surface area (Å²) in [6, 6.07) is 21.1. The highest BCUT2D eigenvalue weighted by atomic mass is 35.5. The van der Waals surface area contributed by atoms with Crippen molar-refractivity contribution in [1.29, 1.82) is 5.26 Å². The first-order chi connectivity index (χ1) is 14.6. The van der Waals surface area contributed by atoms with Gasteiger partial charge in [0.2, 0.25) is 0 Å². The highest BCUT2D eigenvalue weighted by Gasteiger charge is 2.18. The van der Waals surface area contributed by atoms with Gasteiger partial charge in [0.05, 0.1) is 17.8 Å². The number of carbonyl (C=O) groups excluding carboxylic acids is 1. The van der Waals surface area contributed by atoms with Gasteiger partial charge in [0, 0.05) is 16.6 Å². The van der Waals surface area contributed by atoms with Gasteiger partial charge in [-0.3, -0.25) is 14.2 Å². The quantitative estimate of drug-likeness (QED) is 0.541. The maximum atomic E-state index is 13.2. The molecule has 0 saturated heterocycles. The lowest BCUT2D eigenvalue weighted by molar-refractivity contribution is 0.102. The number of carbonyl (C=O) groups is 1. The summed E-state index contributed by atoms with van der Waals surface area (Å²) in [4.78, 5) is 30.5. The minimum Gasteiger partial charge on any atom is -0.321 e. The lowest BCUT2D eigenvalue weighted by Gasteiger charge is -2.13. The van der Waals surface area contributed by atoms with Crippen LogP contribution in [0.15, 0.2) is 77.7 Å². The first-order valence-electron chi connectivity index (χ1n) is 9.10. The van der Waals surface area contributed by atoms with E-state index in [9.17, 15) is 14.9 Å². The molecule has 0 aliphatic rings. The Balaban J connectivity index is 1.81. The molecule has 2 heterocycles. The second-order valence-electron chi connectivity index (χ2n) is 6.61. The van der Waals surface area contributed by atoms with Crippen molar-refractivity contribution in [3.8, 4) is 6.07 Å². The summed E-state index contributed by atoms with van der Waals surface area (Å²) in [7, 11) is 0. The van der Waals surface area contributed by atoms with Crippen molar-refractivity contribution in [1.82, 2.24) is 9.55 Å². The normalized spacial score (nSPS) is 10.5. The Bertz CT molecular complexity index is 1360. The molecule has 1 amide bonds. The molecule has 7 heteroatoms. The predicted octanol–water partition coefficient (Wildman–Crippen LogP) is 4.22. The molecule has 0 aliphatic carbocycles. The Morgan fingerprint density at radius 1 is 1.10 bits per heavy atom. The third-order valence-corrected chi connectivity index (χ3v) is 4.86. The van der Waals surface area contributed by atoms with E-state index >= 15 is 0 Å². The predicted molar refractivity (Wildman–Crippen MR) is 116 cm³/mol. The molecular weight excluding hydrogens is 400 g/mol. The van der Waals surface area contributed by atoms with Crippen molar-refractivity contribution >= 4 is 34.2 Å². The van der Waals surface area contributed by atoms with Crippen LogP contribution in [0.2, 0.25) is 5.02 Å². The molecule has 0 fully saturated rings. The van der Waals surface area contributed by atoms with E-state index < -0.39 is 11.5 Å². The summed E-state index contributed by atoms with van der Waals surface area (Å²) in [6.45, 7) is 0.273. The molecule has 146 valence electrons. The second-order valence-corrected chi connectivity index (χ2v) is 7.04. The molecule has 2 aromatic heterocycles. The molecule has 0 unspecified atom stereocenters. The largest absolute Gasteiger partial charge is 0.321 e. The van der Waals surface area contributed by atoms with Crippen molar-refractivity contribution in [2.75, 3.05) is 5.32 Å². The van der Waals surface area contributed by atoms with Crippen LogP contribution in [0, 0.1) is 11.3 Å². The number of anilines is 1. The smallest absolute Gasteiger partial charge is 0.265 e. The summed E-state index contributed by atoms with van der Waals surface area (Å²) in [5.74, 6) is -0.619. The van der Waals surface area contributed by atoms with E-state index in [2.05, 4.69) is 10.3 Å².